The molecule has 28 heavy (non-hydrogen) atoms. The van der Waals surface area contributed by atoms with E-state index in [2.05, 4.69) is 48.5 Å². The third kappa shape index (κ3) is 4.37. The van der Waals surface area contributed by atoms with Crippen molar-refractivity contribution in [2.75, 3.05) is 0 Å². The molecule has 0 aromatic heterocycles. The zero-order valence-electron chi connectivity index (χ0n) is 20.5. The number of hydrogen-bond acceptors (Lipinski definition) is 0. The Morgan fingerprint density at radius 3 is 2.11 bits per heavy atom. The van der Waals surface area contributed by atoms with E-state index in [0.717, 1.165) is 41.4 Å². The van der Waals surface area contributed by atoms with Crippen LogP contribution in [0.15, 0.2) is 0 Å². The summed E-state index contributed by atoms with van der Waals surface area (Å²) < 4.78 is 0. The van der Waals surface area contributed by atoms with E-state index in [4.69, 9.17) is 0 Å². The summed E-state index contributed by atoms with van der Waals surface area (Å²) in [7, 11) is 0. The van der Waals surface area contributed by atoms with E-state index in [0.29, 0.717) is 10.8 Å². The molecule has 3 aliphatic rings. The normalized spacial score (nSPS) is 45.2. The summed E-state index contributed by atoms with van der Waals surface area (Å²) in [5.41, 5.74) is 1.29. The SMILES string of the molecule is CCC1C(C2(C)CCC(C)CC2)CCC2(C)C(C(C)CCCC(C)C)CCC12. The maximum absolute atomic E-state index is 2.73. The summed E-state index contributed by atoms with van der Waals surface area (Å²) in [6.45, 7) is 17.8. The maximum Gasteiger partial charge on any atom is -0.0264 e. The van der Waals surface area contributed by atoms with Crippen molar-refractivity contribution in [3.63, 3.8) is 0 Å². The van der Waals surface area contributed by atoms with Crippen molar-refractivity contribution >= 4 is 0 Å². The van der Waals surface area contributed by atoms with Crippen LogP contribution in [0.25, 0.3) is 0 Å². The van der Waals surface area contributed by atoms with E-state index in [1.165, 1.54) is 77.0 Å². The van der Waals surface area contributed by atoms with Crippen molar-refractivity contribution in [2.24, 2.45) is 52.3 Å². The van der Waals surface area contributed by atoms with Crippen molar-refractivity contribution in [1.29, 1.82) is 0 Å². The molecule has 0 N–H and O–H groups in total. The third-order valence-electron chi connectivity index (χ3n) is 10.4. The molecule has 0 aliphatic heterocycles. The van der Waals surface area contributed by atoms with Crippen molar-refractivity contribution in [2.45, 2.75) is 126 Å². The minimum atomic E-state index is 0.646. The lowest BCUT2D eigenvalue weighted by atomic mass is 9.49. The first-order valence-electron chi connectivity index (χ1n) is 13.2. The molecule has 0 bridgehead atoms. The summed E-state index contributed by atoms with van der Waals surface area (Å²) in [6, 6.07) is 0. The van der Waals surface area contributed by atoms with Gasteiger partial charge in [-0.3, -0.25) is 0 Å². The average Bonchev–Trinajstić information content (AvgIpc) is 3.00. The molecular weight excluding hydrogens is 336 g/mol. The molecule has 0 spiro atoms. The van der Waals surface area contributed by atoms with Gasteiger partial charge in [0.2, 0.25) is 0 Å². The third-order valence-corrected chi connectivity index (χ3v) is 10.4. The van der Waals surface area contributed by atoms with Gasteiger partial charge in [0.05, 0.1) is 0 Å². The molecule has 164 valence electrons. The van der Waals surface area contributed by atoms with Crippen molar-refractivity contribution in [3.8, 4) is 0 Å². The fourth-order valence-electron chi connectivity index (χ4n) is 8.54. The Morgan fingerprint density at radius 1 is 0.821 bits per heavy atom. The smallest absolute Gasteiger partial charge is 0.0264 e. The van der Waals surface area contributed by atoms with Crippen LogP contribution in [0.2, 0.25) is 0 Å². The minimum absolute atomic E-state index is 0.646. The largest absolute Gasteiger partial charge is 0.0651 e. The predicted octanol–water partition coefficient (Wildman–Crippen LogP) is 9.13. The second-order valence-corrected chi connectivity index (χ2v) is 12.7. The zero-order valence-corrected chi connectivity index (χ0v) is 20.5. The first-order valence-corrected chi connectivity index (χ1v) is 13.2. The molecule has 0 amide bonds. The molecule has 3 fully saturated rings. The Bertz CT molecular complexity index is 482. The molecule has 0 aromatic carbocycles. The monoisotopic (exact) mass is 388 g/mol. The van der Waals surface area contributed by atoms with Gasteiger partial charge in [-0.15, -0.1) is 0 Å². The van der Waals surface area contributed by atoms with Crippen molar-refractivity contribution in [1.82, 2.24) is 0 Å². The van der Waals surface area contributed by atoms with Gasteiger partial charge < -0.3 is 0 Å². The molecule has 0 heteroatoms. The fourth-order valence-corrected chi connectivity index (χ4v) is 8.54. The first kappa shape index (κ1) is 22.7. The highest BCUT2D eigenvalue weighted by molar-refractivity contribution is 5.06. The van der Waals surface area contributed by atoms with Gasteiger partial charge in [-0.2, -0.15) is 0 Å². The number of rotatable bonds is 7. The van der Waals surface area contributed by atoms with Crippen molar-refractivity contribution < 1.29 is 0 Å². The summed E-state index contributed by atoms with van der Waals surface area (Å²) in [4.78, 5) is 0. The van der Waals surface area contributed by atoms with Crippen LogP contribution < -0.4 is 0 Å². The molecule has 0 nitrogen and oxygen atoms in total. The molecule has 0 saturated heterocycles. The zero-order chi connectivity index (χ0) is 20.5. The van der Waals surface area contributed by atoms with E-state index < -0.39 is 0 Å². The van der Waals surface area contributed by atoms with Gasteiger partial charge in [0.1, 0.15) is 0 Å². The van der Waals surface area contributed by atoms with E-state index in [1.54, 1.807) is 0 Å². The van der Waals surface area contributed by atoms with Gasteiger partial charge in [0.25, 0.3) is 0 Å². The lowest BCUT2D eigenvalue weighted by Crippen LogP contribution is -2.48. The van der Waals surface area contributed by atoms with E-state index in [9.17, 15) is 0 Å². The summed E-state index contributed by atoms with van der Waals surface area (Å²) in [5.74, 6) is 6.82. The Hall–Kier alpha value is 0. The fraction of sp³-hybridized carbons (Fsp3) is 1.00. The van der Waals surface area contributed by atoms with Gasteiger partial charge >= 0.3 is 0 Å². The van der Waals surface area contributed by atoms with E-state index in [-0.39, 0.29) is 0 Å². The quantitative estimate of drug-likeness (QED) is 0.408. The second-order valence-electron chi connectivity index (χ2n) is 12.7. The molecule has 3 rings (SSSR count). The Labute approximate surface area is 178 Å². The van der Waals surface area contributed by atoms with Crippen LogP contribution in [0.4, 0.5) is 0 Å². The number of fused-ring (bicyclic) bond motifs is 1. The van der Waals surface area contributed by atoms with Crippen LogP contribution in [0.3, 0.4) is 0 Å². The Morgan fingerprint density at radius 2 is 1.50 bits per heavy atom. The van der Waals surface area contributed by atoms with E-state index in [1.807, 2.05) is 0 Å². The van der Waals surface area contributed by atoms with Gasteiger partial charge in [-0.05, 0) is 90.8 Å². The van der Waals surface area contributed by atoms with Crippen molar-refractivity contribution in [3.05, 3.63) is 0 Å². The highest BCUT2D eigenvalue weighted by Crippen LogP contribution is 2.65. The molecule has 6 unspecified atom stereocenters. The predicted molar refractivity (Wildman–Crippen MR) is 124 cm³/mol. The van der Waals surface area contributed by atoms with Gasteiger partial charge in [-0.1, -0.05) is 87.0 Å². The standard InChI is InChI=1S/C28H52/c1-8-23-25(27(6)17-14-21(4)15-18-27)16-19-28(7)24(12-13-26(23)28)22(5)11-9-10-20(2)3/h20-26H,8-19H2,1-7H3. The summed E-state index contributed by atoms with van der Waals surface area (Å²) in [6.07, 6.45) is 17.9. The van der Waals surface area contributed by atoms with Crippen LogP contribution >= 0.6 is 0 Å². The maximum atomic E-state index is 2.73. The highest BCUT2D eigenvalue weighted by atomic mass is 14.6. The minimum Gasteiger partial charge on any atom is -0.0651 e. The molecular formula is C28H52. The van der Waals surface area contributed by atoms with Crippen LogP contribution in [-0.4, -0.2) is 0 Å². The topological polar surface area (TPSA) is 0 Å². The van der Waals surface area contributed by atoms with Gasteiger partial charge in [-0.25, -0.2) is 0 Å². The molecule has 0 radical (unpaired) electrons. The molecule has 3 aliphatic carbocycles. The molecule has 0 heterocycles. The Kier molecular flexibility index (Phi) is 7.30. The van der Waals surface area contributed by atoms with Crippen LogP contribution in [0, 0.1) is 52.3 Å². The lowest BCUT2D eigenvalue weighted by molar-refractivity contribution is -0.0642. The second kappa shape index (κ2) is 9.01. The van der Waals surface area contributed by atoms with Crippen LogP contribution in [0.1, 0.15) is 126 Å². The van der Waals surface area contributed by atoms with Crippen LogP contribution in [-0.2, 0) is 0 Å². The average molecular weight is 389 g/mol. The Balaban J connectivity index is 1.69. The molecule has 0 aromatic rings. The van der Waals surface area contributed by atoms with Gasteiger partial charge in [0, 0.05) is 0 Å². The summed E-state index contributed by atoms with van der Waals surface area (Å²) in [5, 5.41) is 0. The van der Waals surface area contributed by atoms with E-state index >= 15 is 0 Å². The van der Waals surface area contributed by atoms with Gasteiger partial charge in [0.15, 0.2) is 0 Å². The highest BCUT2D eigenvalue weighted by Gasteiger charge is 2.56. The molecule has 6 atom stereocenters. The molecule has 3 saturated carbocycles. The summed E-state index contributed by atoms with van der Waals surface area (Å²) >= 11 is 0. The number of hydrogen-bond donors (Lipinski definition) is 0. The first-order chi connectivity index (χ1) is 13.2. The lowest BCUT2D eigenvalue weighted by Gasteiger charge is -2.56. The van der Waals surface area contributed by atoms with Crippen LogP contribution in [0.5, 0.6) is 0 Å².